The molecule has 162 valence electrons. The number of nitrogens with zero attached hydrogens (tertiary/aromatic N) is 2. The van der Waals surface area contributed by atoms with Gasteiger partial charge in [0.25, 0.3) is 5.91 Å². The number of alkyl halides is 3. The maximum Gasteiger partial charge on any atom is 0.416 e. The van der Waals surface area contributed by atoms with Crippen molar-refractivity contribution in [2.24, 2.45) is 0 Å². The molecule has 5 nitrogen and oxygen atoms in total. The number of carbonyl (C=O) groups excluding carboxylic acids is 2. The molecule has 0 fully saturated rings. The first-order valence-electron chi connectivity index (χ1n) is 9.31. The van der Waals surface area contributed by atoms with Crippen LogP contribution in [0.1, 0.15) is 27.2 Å². The monoisotopic (exact) mass is 447 g/mol. The Morgan fingerprint density at radius 1 is 1.13 bits per heavy atom. The van der Waals surface area contributed by atoms with Gasteiger partial charge in [0.1, 0.15) is 10.7 Å². The number of rotatable bonds is 5. The number of amides is 2. The molecule has 0 radical (unpaired) electrons. The highest BCUT2D eigenvalue weighted by atomic mass is 32.1. The van der Waals surface area contributed by atoms with Gasteiger partial charge in [0.2, 0.25) is 5.91 Å². The summed E-state index contributed by atoms with van der Waals surface area (Å²) in [5.41, 5.74) is 2.20. The van der Waals surface area contributed by atoms with Gasteiger partial charge in [-0.3, -0.25) is 9.59 Å². The minimum absolute atomic E-state index is 0.0689. The van der Waals surface area contributed by atoms with Crippen LogP contribution in [0.15, 0.2) is 47.8 Å². The summed E-state index contributed by atoms with van der Waals surface area (Å²) in [7, 11) is 1.47. The van der Waals surface area contributed by atoms with Crippen molar-refractivity contribution in [3.8, 4) is 10.6 Å². The third kappa shape index (κ3) is 5.29. The minimum atomic E-state index is -4.46. The Balaban J connectivity index is 1.69. The number of aromatic nitrogens is 1. The largest absolute Gasteiger partial charge is 0.416 e. The second kappa shape index (κ2) is 8.89. The van der Waals surface area contributed by atoms with Crippen molar-refractivity contribution in [1.82, 2.24) is 9.88 Å². The van der Waals surface area contributed by atoms with E-state index in [-0.39, 0.29) is 23.7 Å². The summed E-state index contributed by atoms with van der Waals surface area (Å²) < 4.78 is 38.8. The minimum Gasteiger partial charge on any atom is -0.331 e. The third-order valence-electron chi connectivity index (χ3n) is 4.77. The molecular weight excluding hydrogens is 427 g/mol. The summed E-state index contributed by atoms with van der Waals surface area (Å²) in [5.74, 6) is -0.858. The lowest BCUT2D eigenvalue weighted by Gasteiger charge is -2.16. The average molecular weight is 447 g/mol. The van der Waals surface area contributed by atoms with E-state index in [1.165, 1.54) is 29.5 Å². The molecule has 0 spiro atoms. The van der Waals surface area contributed by atoms with Gasteiger partial charge in [0.05, 0.1) is 12.1 Å². The number of likely N-dealkylation sites (N-methyl/N-ethyl adjacent to an activating group) is 1. The summed E-state index contributed by atoms with van der Waals surface area (Å²) in [5, 5.41) is 4.55. The van der Waals surface area contributed by atoms with Crippen LogP contribution in [0.3, 0.4) is 0 Å². The zero-order valence-electron chi connectivity index (χ0n) is 17.1. The molecule has 0 aliphatic carbocycles. The van der Waals surface area contributed by atoms with E-state index < -0.39 is 17.6 Å². The normalized spacial score (nSPS) is 11.3. The van der Waals surface area contributed by atoms with Crippen molar-refractivity contribution in [2.45, 2.75) is 20.0 Å². The quantitative estimate of drug-likeness (QED) is 0.588. The van der Waals surface area contributed by atoms with Crippen molar-refractivity contribution in [3.05, 3.63) is 70.2 Å². The molecule has 1 aromatic heterocycles. The number of hydrogen-bond donors (Lipinski definition) is 1. The summed E-state index contributed by atoms with van der Waals surface area (Å²) in [4.78, 5) is 30.4. The highest BCUT2D eigenvalue weighted by Crippen LogP contribution is 2.33. The van der Waals surface area contributed by atoms with Crippen LogP contribution >= 0.6 is 11.3 Å². The van der Waals surface area contributed by atoms with Crippen LogP contribution in [0.25, 0.3) is 10.6 Å². The maximum absolute atomic E-state index is 12.9. The molecule has 0 saturated heterocycles. The van der Waals surface area contributed by atoms with E-state index in [9.17, 15) is 22.8 Å². The second-order valence-electron chi connectivity index (χ2n) is 7.07. The Hall–Kier alpha value is -3.20. The molecule has 0 bridgehead atoms. The Kier molecular flexibility index (Phi) is 6.45. The van der Waals surface area contributed by atoms with Crippen LogP contribution in [-0.4, -0.2) is 35.3 Å². The van der Waals surface area contributed by atoms with Crippen molar-refractivity contribution in [1.29, 1.82) is 0 Å². The molecule has 0 saturated carbocycles. The van der Waals surface area contributed by atoms with Gasteiger partial charge in [-0.1, -0.05) is 24.3 Å². The average Bonchev–Trinajstić information content (AvgIpc) is 3.20. The van der Waals surface area contributed by atoms with Crippen LogP contribution in [-0.2, 0) is 11.0 Å². The smallest absolute Gasteiger partial charge is 0.331 e. The van der Waals surface area contributed by atoms with E-state index in [0.717, 1.165) is 34.6 Å². The number of carbonyl (C=O) groups is 2. The fourth-order valence-electron chi connectivity index (χ4n) is 2.89. The third-order valence-corrected chi connectivity index (χ3v) is 5.66. The highest BCUT2D eigenvalue weighted by Gasteiger charge is 2.30. The van der Waals surface area contributed by atoms with E-state index in [2.05, 4.69) is 10.3 Å². The first-order chi connectivity index (χ1) is 14.6. The zero-order chi connectivity index (χ0) is 22.8. The van der Waals surface area contributed by atoms with Crippen LogP contribution in [0, 0.1) is 13.8 Å². The summed E-state index contributed by atoms with van der Waals surface area (Å²) in [6, 6.07) is 10.3. The number of hydrogen-bond acceptors (Lipinski definition) is 4. The molecule has 0 unspecified atom stereocenters. The summed E-state index contributed by atoms with van der Waals surface area (Å²) in [6.45, 7) is 3.64. The molecule has 1 N–H and O–H groups in total. The molecule has 3 aromatic rings. The zero-order valence-corrected chi connectivity index (χ0v) is 17.9. The lowest BCUT2D eigenvalue weighted by Crippen LogP contribution is -2.35. The van der Waals surface area contributed by atoms with Crippen LogP contribution in [0.5, 0.6) is 0 Å². The topological polar surface area (TPSA) is 62.3 Å². The van der Waals surface area contributed by atoms with Gasteiger partial charge in [-0.25, -0.2) is 4.98 Å². The number of aryl methyl sites for hydroxylation is 1. The lowest BCUT2D eigenvalue weighted by molar-refractivity contribution is -0.137. The van der Waals surface area contributed by atoms with Crippen LogP contribution in [0.2, 0.25) is 0 Å². The molecule has 0 aliphatic heterocycles. The maximum atomic E-state index is 12.9. The van der Waals surface area contributed by atoms with Crippen molar-refractivity contribution >= 4 is 28.8 Å². The Bertz CT molecular complexity index is 1130. The predicted octanol–water partition coefficient (Wildman–Crippen LogP) is 5.16. The van der Waals surface area contributed by atoms with Gasteiger partial charge in [0.15, 0.2) is 0 Å². The van der Waals surface area contributed by atoms with Crippen LogP contribution < -0.4 is 5.32 Å². The van der Waals surface area contributed by atoms with E-state index in [1.807, 2.05) is 26.0 Å². The lowest BCUT2D eigenvalue weighted by atomic mass is 10.1. The van der Waals surface area contributed by atoms with Gasteiger partial charge in [-0.15, -0.1) is 11.3 Å². The Morgan fingerprint density at radius 3 is 2.55 bits per heavy atom. The van der Waals surface area contributed by atoms with Gasteiger partial charge >= 0.3 is 6.18 Å². The molecule has 31 heavy (non-hydrogen) atoms. The first-order valence-corrected chi connectivity index (χ1v) is 10.2. The van der Waals surface area contributed by atoms with Crippen LogP contribution in [0.4, 0.5) is 18.9 Å². The predicted molar refractivity (Wildman–Crippen MR) is 114 cm³/mol. The first kappa shape index (κ1) is 22.5. The molecule has 2 aromatic carbocycles. The number of thiazole rings is 1. The number of nitrogens with one attached hydrogen (secondary N) is 1. The molecule has 9 heteroatoms. The molecule has 0 atom stereocenters. The van der Waals surface area contributed by atoms with Crippen molar-refractivity contribution in [3.63, 3.8) is 0 Å². The number of halogens is 3. The second-order valence-corrected chi connectivity index (χ2v) is 7.93. The van der Waals surface area contributed by atoms with E-state index in [1.54, 1.807) is 6.07 Å². The van der Waals surface area contributed by atoms with Gasteiger partial charge in [-0.2, -0.15) is 13.2 Å². The Labute approximate surface area is 181 Å². The van der Waals surface area contributed by atoms with E-state index in [0.29, 0.717) is 10.7 Å². The highest BCUT2D eigenvalue weighted by molar-refractivity contribution is 7.13. The van der Waals surface area contributed by atoms with Gasteiger partial charge in [0, 0.05) is 23.7 Å². The molecule has 2 amide bonds. The van der Waals surface area contributed by atoms with Crippen molar-refractivity contribution in [2.75, 3.05) is 18.9 Å². The molecule has 1 heterocycles. The summed E-state index contributed by atoms with van der Waals surface area (Å²) in [6.07, 6.45) is -4.46. The SMILES string of the molecule is Cc1cccc(NC(=O)CN(C)C(=O)c2csc(-c3cccc(C(F)(F)F)c3)n2)c1C. The van der Waals surface area contributed by atoms with Crippen molar-refractivity contribution < 1.29 is 22.8 Å². The van der Waals surface area contributed by atoms with Gasteiger partial charge in [-0.05, 0) is 43.2 Å². The Morgan fingerprint density at radius 2 is 1.84 bits per heavy atom. The number of benzene rings is 2. The number of anilines is 1. The standard InChI is InChI=1S/C22H20F3N3O2S/c1-13-6-4-9-17(14(13)2)26-19(29)11-28(3)21(30)18-12-31-20(27-18)15-7-5-8-16(10-15)22(23,24)25/h4-10,12H,11H2,1-3H3,(H,26,29). The van der Waals surface area contributed by atoms with Gasteiger partial charge < -0.3 is 10.2 Å². The fourth-order valence-corrected chi connectivity index (χ4v) is 3.68. The summed E-state index contributed by atoms with van der Waals surface area (Å²) >= 11 is 1.07. The van der Waals surface area contributed by atoms with E-state index >= 15 is 0 Å². The fraction of sp³-hybridized carbons (Fsp3) is 0.227. The van der Waals surface area contributed by atoms with E-state index in [4.69, 9.17) is 0 Å². The molecule has 3 rings (SSSR count). The molecular formula is C22H20F3N3O2S. The molecule has 0 aliphatic rings.